The number of allylic oxidation sites excluding steroid dienone is 2. The molecule has 2 unspecified atom stereocenters. The molecule has 6 nitrogen and oxygen atoms in total. The Morgan fingerprint density at radius 2 is 0.595 bits per heavy atom. The summed E-state index contributed by atoms with van der Waals surface area (Å²) in [5, 5.41) is 23.4. The van der Waals surface area contributed by atoms with Gasteiger partial charge in [0.1, 0.15) is 0 Å². The van der Waals surface area contributed by atoms with Gasteiger partial charge in [-0.1, -0.05) is 366 Å². The molecular formula is C73H143NO5. The lowest BCUT2D eigenvalue weighted by molar-refractivity contribution is -0.143. The Balaban J connectivity index is 3.38. The number of hydrogen-bond acceptors (Lipinski definition) is 5. The van der Waals surface area contributed by atoms with E-state index in [1.165, 1.54) is 347 Å². The van der Waals surface area contributed by atoms with Crippen LogP contribution in [0.25, 0.3) is 0 Å². The van der Waals surface area contributed by atoms with Crippen LogP contribution in [0, 0.1) is 0 Å². The summed E-state index contributed by atoms with van der Waals surface area (Å²) in [4.78, 5) is 24.7. The van der Waals surface area contributed by atoms with Crippen molar-refractivity contribution < 1.29 is 24.5 Å². The Morgan fingerprint density at radius 3 is 0.899 bits per heavy atom. The maximum atomic E-state index is 12.5. The number of amides is 1. The molecule has 0 heterocycles. The maximum absolute atomic E-state index is 12.5. The Bertz CT molecular complexity index is 1190. The van der Waals surface area contributed by atoms with Crippen LogP contribution in [0.2, 0.25) is 0 Å². The summed E-state index contributed by atoms with van der Waals surface area (Å²) in [5.41, 5.74) is 0. The van der Waals surface area contributed by atoms with Crippen LogP contribution >= 0.6 is 0 Å². The van der Waals surface area contributed by atoms with Gasteiger partial charge in [-0.25, -0.2) is 0 Å². The Morgan fingerprint density at radius 1 is 0.342 bits per heavy atom. The van der Waals surface area contributed by atoms with Crippen molar-refractivity contribution in [3.05, 3.63) is 12.2 Å². The molecule has 0 aromatic rings. The van der Waals surface area contributed by atoms with Crippen molar-refractivity contribution in [3.8, 4) is 0 Å². The molecule has 0 saturated heterocycles. The van der Waals surface area contributed by atoms with Gasteiger partial charge in [0.2, 0.25) is 5.91 Å². The van der Waals surface area contributed by atoms with Crippen molar-refractivity contribution >= 4 is 11.9 Å². The van der Waals surface area contributed by atoms with Crippen molar-refractivity contribution in [2.75, 3.05) is 13.2 Å². The zero-order chi connectivity index (χ0) is 57.1. The minimum atomic E-state index is -0.668. The van der Waals surface area contributed by atoms with Gasteiger partial charge in [0.15, 0.2) is 0 Å². The summed E-state index contributed by atoms with van der Waals surface area (Å²) in [6.07, 6.45) is 85.5. The number of carbonyl (C=O) groups excluding carboxylic acids is 2. The van der Waals surface area contributed by atoms with E-state index in [1.54, 1.807) is 0 Å². The number of aliphatic hydroxyl groups is 2. The molecule has 0 fully saturated rings. The summed E-state index contributed by atoms with van der Waals surface area (Å²) in [5.74, 6) is -0.0167. The van der Waals surface area contributed by atoms with Gasteiger partial charge >= 0.3 is 5.97 Å². The second-order valence-corrected chi connectivity index (χ2v) is 25.3. The highest BCUT2D eigenvalue weighted by Crippen LogP contribution is 2.19. The van der Waals surface area contributed by atoms with Gasteiger partial charge in [0, 0.05) is 12.8 Å². The molecule has 0 aliphatic rings. The Kier molecular flexibility index (Phi) is 67.9. The van der Waals surface area contributed by atoms with E-state index in [0.29, 0.717) is 25.9 Å². The first kappa shape index (κ1) is 77.6. The lowest BCUT2D eigenvalue weighted by Crippen LogP contribution is -2.45. The van der Waals surface area contributed by atoms with E-state index in [9.17, 15) is 19.8 Å². The minimum absolute atomic E-state index is 0.0178. The van der Waals surface area contributed by atoms with Crippen LogP contribution in [0.15, 0.2) is 12.2 Å². The molecule has 3 N–H and O–H groups in total. The standard InChI is InChI=1S/C73H143NO5/c1-3-5-7-9-11-13-15-17-19-21-22-27-30-34-37-41-45-49-53-57-61-65-71(76)70(69-75)74-72(77)66-62-58-54-50-46-42-38-35-31-28-25-23-24-26-29-32-36-40-44-48-52-56-60-64-68-79-73(78)67-63-59-55-51-47-43-39-33-20-18-16-14-12-10-8-6-4-2/h25,28,70-71,75-76H,3-24,26-27,29-69H2,1-2H3,(H,74,77)/b28-25-. The van der Waals surface area contributed by atoms with Crippen LogP contribution in [0.1, 0.15) is 418 Å². The first-order chi connectivity index (χ1) is 39.0. The zero-order valence-corrected chi connectivity index (χ0v) is 53.9. The van der Waals surface area contributed by atoms with E-state index < -0.39 is 12.1 Å². The van der Waals surface area contributed by atoms with Gasteiger partial charge in [-0.15, -0.1) is 0 Å². The summed E-state index contributed by atoms with van der Waals surface area (Å²) in [7, 11) is 0. The molecule has 0 aromatic carbocycles. The third-order valence-electron chi connectivity index (χ3n) is 17.3. The monoisotopic (exact) mass is 1110 g/mol. The van der Waals surface area contributed by atoms with Crippen molar-refractivity contribution in [2.24, 2.45) is 0 Å². The normalized spacial score (nSPS) is 12.5. The van der Waals surface area contributed by atoms with Gasteiger partial charge in [0.05, 0.1) is 25.4 Å². The van der Waals surface area contributed by atoms with Gasteiger partial charge in [0.25, 0.3) is 0 Å². The smallest absolute Gasteiger partial charge is 0.305 e. The number of aliphatic hydroxyl groups excluding tert-OH is 2. The fourth-order valence-corrected chi connectivity index (χ4v) is 11.8. The predicted octanol–water partition coefficient (Wildman–Crippen LogP) is 23.5. The van der Waals surface area contributed by atoms with Crippen LogP contribution in [-0.4, -0.2) is 47.4 Å². The number of carbonyl (C=O) groups is 2. The molecule has 0 spiro atoms. The number of esters is 1. The Labute approximate surface area is 495 Å². The molecule has 0 saturated carbocycles. The van der Waals surface area contributed by atoms with Crippen molar-refractivity contribution in [3.63, 3.8) is 0 Å². The molecule has 0 aromatic heterocycles. The van der Waals surface area contributed by atoms with Gasteiger partial charge < -0.3 is 20.3 Å². The molecule has 0 aliphatic carbocycles. The fraction of sp³-hybridized carbons (Fsp3) is 0.945. The number of hydrogen-bond donors (Lipinski definition) is 3. The van der Waals surface area contributed by atoms with E-state index in [-0.39, 0.29) is 18.5 Å². The molecule has 0 bridgehead atoms. The largest absolute Gasteiger partial charge is 0.466 e. The predicted molar refractivity (Wildman–Crippen MR) is 347 cm³/mol. The highest BCUT2D eigenvalue weighted by molar-refractivity contribution is 5.76. The van der Waals surface area contributed by atoms with Crippen LogP contribution in [0.4, 0.5) is 0 Å². The second-order valence-electron chi connectivity index (χ2n) is 25.3. The summed E-state index contributed by atoms with van der Waals surface area (Å²) in [6, 6.07) is -0.545. The first-order valence-corrected chi connectivity index (χ1v) is 36.4. The lowest BCUT2D eigenvalue weighted by atomic mass is 10.0. The Hall–Kier alpha value is -1.40. The van der Waals surface area contributed by atoms with Crippen molar-refractivity contribution in [1.82, 2.24) is 5.32 Å². The molecule has 0 aliphatic heterocycles. The quantitative estimate of drug-likeness (QED) is 0.0320. The fourth-order valence-electron chi connectivity index (χ4n) is 11.8. The van der Waals surface area contributed by atoms with E-state index in [4.69, 9.17) is 4.74 Å². The molecule has 0 radical (unpaired) electrons. The second kappa shape index (κ2) is 69.1. The van der Waals surface area contributed by atoms with E-state index in [1.807, 2.05) is 0 Å². The molecule has 2 atom stereocenters. The summed E-state index contributed by atoms with van der Waals surface area (Å²) < 4.78 is 5.51. The molecule has 6 heteroatoms. The number of nitrogens with one attached hydrogen (secondary N) is 1. The number of rotatable bonds is 69. The topological polar surface area (TPSA) is 95.9 Å². The molecule has 79 heavy (non-hydrogen) atoms. The van der Waals surface area contributed by atoms with Gasteiger partial charge in [-0.05, 0) is 51.4 Å². The SMILES string of the molecule is CCCCCCCCCCCCCCCCCCCCCCCC(O)C(CO)NC(=O)CCCCCCCCCC/C=C\CCCCCCCCCCCCCCOC(=O)CCCCCCCCCCCCCCCCCCC. The summed E-state index contributed by atoms with van der Waals surface area (Å²) in [6.45, 7) is 5.00. The molecule has 1 amide bonds. The lowest BCUT2D eigenvalue weighted by Gasteiger charge is -2.22. The molecule has 0 rings (SSSR count). The van der Waals surface area contributed by atoms with Crippen LogP contribution in [0.3, 0.4) is 0 Å². The average Bonchev–Trinajstić information content (AvgIpc) is 3.45. The third kappa shape index (κ3) is 65.6. The van der Waals surface area contributed by atoms with Gasteiger partial charge in [-0.3, -0.25) is 9.59 Å². The van der Waals surface area contributed by atoms with Crippen molar-refractivity contribution in [2.45, 2.75) is 431 Å². The number of ether oxygens (including phenoxy) is 1. The van der Waals surface area contributed by atoms with E-state index in [2.05, 4.69) is 31.3 Å². The first-order valence-electron chi connectivity index (χ1n) is 36.4. The van der Waals surface area contributed by atoms with Crippen LogP contribution < -0.4 is 5.32 Å². The van der Waals surface area contributed by atoms with Crippen LogP contribution in [0.5, 0.6) is 0 Å². The molecular weight excluding hydrogens is 971 g/mol. The van der Waals surface area contributed by atoms with Gasteiger partial charge in [-0.2, -0.15) is 0 Å². The highest BCUT2D eigenvalue weighted by atomic mass is 16.5. The number of unbranched alkanes of at least 4 members (excludes halogenated alkanes) is 56. The zero-order valence-electron chi connectivity index (χ0n) is 53.9. The minimum Gasteiger partial charge on any atom is -0.466 e. The summed E-state index contributed by atoms with van der Waals surface area (Å²) >= 11 is 0. The highest BCUT2D eigenvalue weighted by Gasteiger charge is 2.20. The van der Waals surface area contributed by atoms with E-state index in [0.717, 1.165) is 38.5 Å². The third-order valence-corrected chi connectivity index (χ3v) is 17.3. The van der Waals surface area contributed by atoms with Crippen LogP contribution in [-0.2, 0) is 14.3 Å². The van der Waals surface area contributed by atoms with E-state index >= 15 is 0 Å². The van der Waals surface area contributed by atoms with Crippen molar-refractivity contribution in [1.29, 1.82) is 0 Å². The maximum Gasteiger partial charge on any atom is 0.305 e. The average molecular weight is 1110 g/mol. The molecule has 470 valence electrons.